The van der Waals surface area contributed by atoms with Crippen LogP contribution in [0.3, 0.4) is 0 Å². The van der Waals surface area contributed by atoms with Crippen LogP contribution in [0.25, 0.3) is 21.7 Å². The first-order valence-electron chi connectivity index (χ1n) is 5.31. The van der Waals surface area contributed by atoms with Crippen LogP contribution in [0.2, 0.25) is 4.34 Å². The third-order valence-electron chi connectivity index (χ3n) is 2.80. The Hall–Kier alpha value is -1.83. The molecular weight excluding hydrogens is 266 g/mol. The van der Waals surface area contributed by atoms with Crippen molar-refractivity contribution in [3.8, 4) is 16.8 Å². The van der Waals surface area contributed by atoms with Crippen LogP contribution in [-0.2, 0) is 7.05 Å². The summed E-state index contributed by atoms with van der Waals surface area (Å²) in [6.45, 7) is 0. The van der Waals surface area contributed by atoms with E-state index >= 15 is 0 Å². The van der Waals surface area contributed by atoms with Gasteiger partial charge in [-0.3, -0.25) is 0 Å². The van der Waals surface area contributed by atoms with Crippen LogP contribution >= 0.6 is 22.9 Å². The van der Waals surface area contributed by atoms with Gasteiger partial charge in [0.05, 0.1) is 31.9 Å². The largest absolute Gasteiger partial charge is 0.326 e. The molecule has 5 heteroatoms. The maximum Gasteiger partial charge on any atom is 0.151 e. The Morgan fingerprint density at radius 1 is 1.33 bits per heavy atom. The van der Waals surface area contributed by atoms with Crippen LogP contribution in [0.5, 0.6) is 0 Å². The lowest BCUT2D eigenvalue weighted by atomic mass is 10.2. The van der Waals surface area contributed by atoms with E-state index in [-0.39, 0.29) is 0 Å². The van der Waals surface area contributed by atoms with E-state index < -0.39 is 0 Å². The van der Waals surface area contributed by atoms with Gasteiger partial charge in [-0.25, -0.2) is 4.98 Å². The Kier molecular flexibility index (Phi) is 2.58. The summed E-state index contributed by atoms with van der Waals surface area (Å²) in [4.78, 5) is 5.59. The number of nitrogens with zero attached hydrogens (tertiary/aromatic N) is 3. The molecule has 0 saturated heterocycles. The molecule has 1 aromatic carbocycles. The topological polar surface area (TPSA) is 41.6 Å². The van der Waals surface area contributed by atoms with Crippen molar-refractivity contribution in [3.63, 3.8) is 0 Å². The first kappa shape index (κ1) is 11.3. The SMILES string of the molecule is Cn1c(-c2ccc(Cl)s2)nc2cc(C#N)ccc21. The predicted octanol–water partition coefficient (Wildman–Crippen LogP) is 3.83. The maximum absolute atomic E-state index is 8.89. The molecule has 0 aliphatic carbocycles. The molecule has 0 N–H and O–H groups in total. The summed E-state index contributed by atoms with van der Waals surface area (Å²) in [5.41, 5.74) is 2.46. The van der Waals surface area contributed by atoms with Gasteiger partial charge in [0.1, 0.15) is 0 Å². The summed E-state index contributed by atoms with van der Waals surface area (Å²) in [5, 5.41) is 8.89. The fourth-order valence-electron chi connectivity index (χ4n) is 1.92. The summed E-state index contributed by atoms with van der Waals surface area (Å²) in [6, 6.07) is 11.5. The molecule has 0 bridgehead atoms. The molecule has 0 aliphatic rings. The zero-order chi connectivity index (χ0) is 12.7. The van der Waals surface area contributed by atoms with E-state index in [0.717, 1.165) is 26.1 Å². The van der Waals surface area contributed by atoms with E-state index in [1.54, 1.807) is 12.1 Å². The number of hydrogen-bond donors (Lipinski definition) is 0. The number of aryl methyl sites for hydroxylation is 1. The van der Waals surface area contributed by atoms with Gasteiger partial charge in [0.25, 0.3) is 0 Å². The van der Waals surface area contributed by atoms with Crippen LogP contribution in [0, 0.1) is 11.3 Å². The maximum atomic E-state index is 8.89. The second-order valence-electron chi connectivity index (χ2n) is 3.91. The second kappa shape index (κ2) is 4.13. The fraction of sp³-hybridized carbons (Fsp3) is 0.0769. The monoisotopic (exact) mass is 273 g/mol. The van der Waals surface area contributed by atoms with Crippen molar-refractivity contribution in [2.24, 2.45) is 7.05 Å². The second-order valence-corrected chi connectivity index (χ2v) is 5.63. The standard InChI is InChI=1S/C13H8ClN3S/c1-17-10-3-2-8(7-15)6-9(10)16-13(17)11-4-5-12(14)18-11/h2-6H,1H3. The molecule has 0 spiro atoms. The Balaban J connectivity index is 2.26. The van der Waals surface area contributed by atoms with Crippen LogP contribution in [-0.4, -0.2) is 9.55 Å². The molecule has 2 aromatic heterocycles. The number of hydrogen-bond acceptors (Lipinski definition) is 3. The molecule has 0 atom stereocenters. The minimum Gasteiger partial charge on any atom is -0.326 e. The van der Waals surface area contributed by atoms with E-state index in [1.165, 1.54) is 11.3 Å². The third-order valence-corrected chi connectivity index (χ3v) is 4.03. The molecule has 88 valence electrons. The fourth-order valence-corrected chi connectivity index (χ4v) is 2.99. The molecule has 0 amide bonds. The summed E-state index contributed by atoms with van der Waals surface area (Å²) in [5.74, 6) is 0.872. The minimum atomic E-state index is 0.622. The number of thiophene rings is 1. The van der Waals surface area contributed by atoms with Gasteiger partial charge in [-0.1, -0.05) is 11.6 Å². The molecular formula is C13H8ClN3S. The van der Waals surface area contributed by atoms with E-state index in [2.05, 4.69) is 11.1 Å². The van der Waals surface area contributed by atoms with Gasteiger partial charge in [0.2, 0.25) is 0 Å². The van der Waals surface area contributed by atoms with E-state index in [9.17, 15) is 0 Å². The molecule has 3 rings (SSSR count). The minimum absolute atomic E-state index is 0.622. The van der Waals surface area contributed by atoms with Crippen LogP contribution < -0.4 is 0 Å². The number of nitriles is 1. The normalized spacial score (nSPS) is 10.7. The van der Waals surface area contributed by atoms with Crippen molar-refractivity contribution in [1.29, 1.82) is 5.26 Å². The molecule has 0 saturated carbocycles. The number of halogens is 1. The molecule has 0 aliphatic heterocycles. The van der Waals surface area contributed by atoms with Gasteiger partial charge < -0.3 is 4.57 Å². The van der Waals surface area contributed by atoms with Crippen molar-refractivity contribution >= 4 is 34.0 Å². The zero-order valence-corrected chi connectivity index (χ0v) is 11.1. The molecule has 18 heavy (non-hydrogen) atoms. The van der Waals surface area contributed by atoms with Gasteiger partial charge in [-0.05, 0) is 30.3 Å². The Morgan fingerprint density at radius 2 is 2.17 bits per heavy atom. The number of benzene rings is 1. The molecule has 3 nitrogen and oxygen atoms in total. The van der Waals surface area contributed by atoms with Crippen LogP contribution in [0.15, 0.2) is 30.3 Å². The van der Waals surface area contributed by atoms with Gasteiger partial charge in [0, 0.05) is 7.05 Å². The van der Waals surface area contributed by atoms with Crippen LogP contribution in [0.1, 0.15) is 5.56 Å². The summed E-state index contributed by atoms with van der Waals surface area (Å²) in [6.07, 6.45) is 0. The van der Waals surface area contributed by atoms with Gasteiger partial charge in [-0.2, -0.15) is 5.26 Å². The highest BCUT2D eigenvalue weighted by molar-refractivity contribution is 7.19. The molecule has 0 unspecified atom stereocenters. The quantitative estimate of drug-likeness (QED) is 0.676. The summed E-state index contributed by atoms with van der Waals surface area (Å²) in [7, 11) is 1.96. The number of imidazole rings is 1. The third kappa shape index (κ3) is 1.69. The van der Waals surface area contributed by atoms with E-state index in [0.29, 0.717) is 5.56 Å². The highest BCUT2D eigenvalue weighted by Gasteiger charge is 2.11. The lowest BCUT2D eigenvalue weighted by molar-refractivity contribution is 0.963. The average Bonchev–Trinajstić information content (AvgIpc) is 2.93. The first-order chi connectivity index (χ1) is 8.69. The van der Waals surface area contributed by atoms with Crippen LogP contribution in [0.4, 0.5) is 0 Å². The number of rotatable bonds is 1. The number of fused-ring (bicyclic) bond motifs is 1. The average molecular weight is 274 g/mol. The van der Waals surface area contributed by atoms with Gasteiger partial charge in [-0.15, -0.1) is 11.3 Å². The Bertz CT molecular complexity index is 779. The van der Waals surface area contributed by atoms with E-state index in [4.69, 9.17) is 16.9 Å². The molecule has 0 radical (unpaired) electrons. The summed E-state index contributed by atoms with van der Waals surface area (Å²) < 4.78 is 2.76. The van der Waals surface area contributed by atoms with Gasteiger partial charge >= 0.3 is 0 Å². The smallest absolute Gasteiger partial charge is 0.151 e. The van der Waals surface area contributed by atoms with Gasteiger partial charge in [0.15, 0.2) is 5.82 Å². The molecule has 3 aromatic rings. The highest BCUT2D eigenvalue weighted by Crippen LogP contribution is 2.32. The van der Waals surface area contributed by atoms with E-state index in [1.807, 2.05) is 29.8 Å². The Morgan fingerprint density at radius 3 is 2.83 bits per heavy atom. The zero-order valence-electron chi connectivity index (χ0n) is 9.51. The number of aromatic nitrogens is 2. The van der Waals surface area contributed by atoms with Crippen molar-refractivity contribution < 1.29 is 0 Å². The lowest BCUT2D eigenvalue weighted by Gasteiger charge is -1.98. The highest BCUT2D eigenvalue weighted by atomic mass is 35.5. The Labute approximate surface area is 113 Å². The summed E-state index contributed by atoms with van der Waals surface area (Å²) >= 11 is 7.44. The van der Waals surface area contributed by atoms with Crippen molar-refractivity contribution in [2.45, 2.75) is 0 Å². The van der Waals surface area contributed by atoms with Crippen molar-refractivity contribution in [2.75, 3.05) is 0 Å². The van der Waals surface area contributed by atoms with Crippen molar-refractivity contribution in [1.82, 2.24) is 9.55 Å². The lowest BCUT2D eigenvalue weighted by Crippen LogP contribution is -1.90. The predicted molar refractivity (Wildman–Crippen MR) is 73.8 cm³/mol. The first-order valence-corrected chi connectivity index (χ1v) is 6.51. The van der Waals surface area contributed by atoms with Crippen molar-refractivity contribution in [3.05, 3.63) is 40.2 Å². The molecule has 2 heterocycles. The molecule has 0 fully saturated rings.